The van der Waals surface area contributed by atoms with Crippen molar-refractivity contribution in [3.63, 3.8) is 0 Å². The van der Waals surface area contributed by atoms with E-state index in [4.69, 9.17) is 4.74 Å². The highest BCUT2D eigenvalue weighted by atomic mass is 16.5. The summed E-state index contributed by atoms with van der Waals surface area (Å²) in [6.07, 6.45) is 2.26. The molecule has 15 heavy (non-hydrogen) atoms. The summed E-state index contributed by atoms with van der Waals surface area (Å²) in [6, 6.07) is 0. The fraction of sp³-hybridized carbons (Fsp3) is 0.833. The predicted octanol–water partition coefficient (Wildman–Crippen LogP) is 2.19. The second-order valence-electron chi connectivity index (χ2n) is 5.17. The van der Waals surface area contributed by atoms with Crippen LogP contribution in [0.5, 0.6) is 0 Å². The second kappa shape index (κ2) is 4.33. The van der Waals surface area contributed by atoms with E-state index in [0.717, 1.165) is 12.8 Å². The summed E-state index contributed by atoms with van der Waals surface area (Å²) in [4.78, 5) is 22.4. The molecule has 0 bridgehead atoms. The summed E-state index contributed by atoms with van der Waals surface area (Å²) >= 11 is 0. The summed E-state index contributed by atoms with van der Waals surface area (Å²) in [5.74, 6) is 0.377. The molecule has 3 heteroatoms. The van der Waals surface area contributed by atoms with Crippen LogP contribution in [-0.2, 0) is 14.3 Å². The fourth-order valence-electron chi connectivity index (χ4n) is 2.59. The molecule has 1 saturated carbocycles. The van der Waals surface area contributed by atoms with E-state index in [1.807, 2.05) is 0 Å². The molecular weight excluding hydrogens is 192 g/mol. The third-order valence-electron chi connectivity index (χ3n) is 3.55. The first-order valence-corrected chi connectivity index (χ1v) is 5.45. The summed E-state index contributed by atoms with van der Waals surface area (Å²) in [6.45, 7) is 5.90. The Morgan fingerprint density at radius 2 is 2.00 bits per heavy atom. The van der Waals surface area contributed by atoms with Gasteiger partial charge in [0.15, 0.2) is 0 Å². The zero-order chi connectivity index (χ0) is 11.6. The van der Waals surface area contributed by atoms with Crippen molar-refractivity contribution in [2.24, 2.45) is 17.3 Å². The zero-order valence-corrected chi connectivity index (χ0v) is 10.0. The molecular formula is C12H20O3. The number of carbonyl (C=O) groups is 2. The SMILES string of the molecule is COC(=O)[C@@H]1CC(C)(C)[C@H]1CCC(C)=O. The number of Topliss-reactive ketones (excluding diaryl/α,β-unsaturated/α-hetero) is 1. The normalized spacial score (nSPS) is 28.0. The van der Waals surface area contributed by atoms with Crippen LogP contribution in [0.25, 0.3) is 0 Å². The first kappa shape index (κ1) is 12.2. The summed E-state index contributed by atoms with van der Waals surface area (Å²) in [5, 5.41) is 0. The van der Waals surface area contributed by atoms with Gasteiger partial charge >= 0.3 is 5.97 Å². The summed E-state index contributed by atoms with van der Waals surface area (Å²) in [7, 11) is 1.43. The van der Waals surface area contributed by atoms with Gasteiger partial charge in [0.1, 0.15) is 5.78 Å². The number of hydrogen-bond acceptors (Lipinski definition) is 3. The Hall–Kier alpha value is -0.860. The molecule has 0 spiro atoms. The fourth-order valence-corrected chi connectivity index (χ4v) is 2.59. The largest absolute Gasteiger partial charge is 0.469 e. The van der Waals surface area contributed by atoms with Crippen molar-refractivity contribution >= 4 is 11.8 Å². The minimum atomic E-state index is -0.122. The number of methoxy groups -OCH3 is 1. The van der Waals surface area contributed by atoms with Crippen molar-refractivity contribution in [3.8, 4) is 0 Å². The quantitative estimate of drug-likeness (QED) is 0.671. The highest BCUT2D eigenvalue weighted by Gasteiger charge is 2.50. The smallest absolute Gasteiger partial charge is 0.308 e. The van der Waals surface area contributed by atoms with Crippen LogP contribution in [0.4, 0.5) is 0 Å². The number of hydrogen-bond donors (Lipinski definition) is 0. The zero-order valence-electron chi connectivity index (χ0n) is 10.0. The van der Waals surface area contributed by atoms with E-state index >= 15 is 0 Å². The molecule has 1 aliphatic rings. The van der Waals surface area contributed by atoms with E-state index in [9.17, 15) is 9.59 Å². The maximum absolute atomic E-state index is 11.4. The van der Waals surface area contributed by atoms with Crippen molar-refractivity contribution in [1.82, 2.24) is 0 Å². The Kier molecular flexibility index (Phi) is 3.53. The van der Waals surface area contributed by atoms with Gasteiger partial charge in [0.05, 0.1) is 13.0 Å². The van der Waals surface area contributed by atoms with Gasteiger partial charge in [0.2, 0.25) is 0 Å². The molecule has 0 aliphatic heterocycles. The minimum absolute atomic E-state index is 0.00403. The van der Waals surface area contributed by atoms with Gasteiger partial charge in [-0.25, -0.2) is 0 Å². The van der Waals surface area contributed by atoms with Crippen molar-refractivity contribution < 1.29 is 14.3 Å². The Morgan fingerprint density at radius 3 is 2.40 bits per heavy atom. The van der Waals surface area contributed by atoms with Crippen LogP contribution in [0.2, 0.25) is 0 Å². The van der Waals surface area contributed by atoms with Gasteiger partial charge in [0, 0.05) is 6.42 Å². The first-order chi connectivity index (χ1) is 6.88. The lowest BCUT2D eigenvalue weighted by atomic mass is 9.54. The van der Waals surface area contributed by atoms with E-state index in [1.165, 1.54) is 7.11 Å². The molecule has 1 fully saturated rings. The predicted molar refractivity (Wildman–Crippen MR) is 57.3 cm³/mol. The van der Waals surface area contributed by atoms with Crippen LogP contribution in [0.15, 0.2) is 0 Å². The molecule has 0 radical (unpaired) electrons. The molecule has 0 N–H and O–H groups in total. The molecule has 0 aromatic carbocycles. The van der Waals surface area contributed by atoms with Crippen LogP contribution in [0.1, 0.15) is 40.0 Å². The van der Waals surface area contributed by atoms with Gasteiger partial charge in [-0.3, -0.25) is 4.79 Å². The van der Waals surface area contributed by atoms with E-state index in [1.54, 1.807) is 6.92 Å². The third-order valence-corrected chi connectivity index (χ3v) is 3.55. The lowest BCUT2D eigenvalue weighted by molar-refractivity contribution is -0.161. The van der Waals surface area contributed by atoms with Crippen molar-refractivity contribution in [2.45, 2.75) is 40.0 Å². The molecule has 0 amide bonds. The van der Waals surface area contributed by atoms with Crippen LogP contribution in [0, 0.1) is 17.3 Å². The second-order valence-corrected chi connectivity index (χ2v) is 5.17. The van der Waals surface area contributed by atoms with Crippen LogP contribution >= 0.6 is 0 Å². The number of rotatable bonds is 4. The lowest BCUT2D eigenvalue weighted by Gasteiger charge is -2.50. The Morgan fingerprint density at radius 1 is 1.40 bits per heavy atom. The molecule has 1 aliphatic carbocycles. The van der Waals surface area contributed by atoms with Crippen molar-refractivity contribution in [2.75, 3.05) is 7.11 Å². The maximum atomic E-state index is 11.4. The van der Waals surface area contributed by atoms with E-state index in [0.29, 0.717) is 12.3 Å². The third kappa shape index (κ3) is 2.58. The molecule has 0 saturated heterocycles. The maximum Gasteiger partial charge on any atom is 0.308 e. The van der Waals surface area contributed by atoms with Crippen molar-refractivity contribution in [3.05, 3.63) is 0 Å². The van der Waals surface area contributed by atoms with E-state index in [-0.39, 0.29) is 23.1 Å². The number of ether oxygens (including phenoxy) is 1. The average Bonchev–Trinajstić information content (AvgIpc) is 2.13. The average molecular weight is 212 g/mol. The topological polar surface area (TPSA) is 43.4 Å². The molecule has 2 atom stereocenters. The summed E-state index contributed by atoms with van der Waals surface area (Å²) < 4.78 is 4.76. The minimum Gasteiger partial charge on any atom is -0.469 e. The monoisotopic (exact) mass is 212 g/mol. The Balaban J connectivity index is 2.56. The van der Waals surface area contributed by atoms with Gasteiger partial charge in [-0.1, -0.05) is 13.8 Å². The van der Waals surface area contributed by atoms with E-state index in [2.05, 4.69) is 13.8 Å². The first-order valence-electron chi connectivity index (χ1n) is 5.45. The number of esters is 1. The Labute approximate surface area is 91.2 Å². The van der Waals surface area contributed by atoms with Crippen LogP contribution in [-0.4, -0.2) is 18.9 Å². The molecule has 86 valence electrons. The van der Waals surface area contributed by atoms with Gasteiger partial charge in [-0.15, -0.1) is 0 Å². The van der Waals surface area contributed by atoms with Gasteiger partial charge in [0.25, 0.3) is 0 Å². The lowest BCUT2D eigenvalue weighted by Crippen LogP contribution is -2.48. The summed E-state index contributed by atoms with van der Waals surface area (Å²) in [5.41, 5.74) is 0.175. The number of carbonyl (C=O) groups excluding carboxylic acids is 2. The molecule has 0 aromatic heterocycles. The highest BCUT2D eigenvalue weighted by Crippen LogP contribution is 2.53. The van der Waals surface area contributed by atoms with Crippen molar-refractivity contribution in [1.29, 1.82) is 0 Å². The molecule has 3 nitrogen and oxygen atoms in total. The van der Waals surface area contributed by atoms with Crippen LogP contribution in [0.3, 0.4) is 0 Å². The molecule has 0 unspecified atom stereocenters. The standard InChI is InChI=1S/C12H20O3/c1-8(13)5-6-10-9(11(14)15-4)7-12(10,2)3/h9-10H,5-7H2,1-4H3/t9-,10+/m1/s1. The molecule has 0 aromatic rings. The van der Waals surface area contributed by atoms with Crippen LogP contribution < -0.4 is 0 Å². The van der Waals surface area contributed by atoms with E-state index < -0.39 is 0 Å². The Bertz CT molecular complexity index is 268. The highest BCUT2D eigenvalue weighted by molar-refractivity contribution is 5.76. The van der Waals surface area contributed by atoms with Gasteiger partial charge in [-0.05, 0) is 31.1 Å². The van der Waals surface area contributed by atoms with Gasteiger partial charge in [-0.2, -0.15) is 0 Å². The molecule has 0 heterocycles. The molecule has 1 rings (SSSR count). The van der Waals surface area contributed by atoms with Gasteiger partial charge < -0.3 is 9.53 Å². The number of ketones is 1.